The number of benzene rings is 2. The van der Waals surface area contributed by atoms with E-state index in [4.69, 9.17) is 4.42 Å². The minimum atomic E-state index is 0.664. The third-order valence-electron chi connectivity index (χ3n) is 4.30. The molecule has 3 aromatic rings. The zero-order valence-corrected chi connectivity index (χ0v) is 15.6. The third kappa shape index (κ3) is 3.00. The number of nitrogens with zero attached hydrogens (tertiary/aromatic N) is 2. The van der Waals surface area contributed by atoms with Crippen LogP contribution < -0.4 is 4.90 Å². The van der Waals surface area contributed by atoms with Crippen LogP contribution in [0, 0.1) is 13.8 Å². The van der Waals surface area contributed by atoms with Crippen molar-refractivity contribution in [3.05, 3.63) is 45.9 Å². The summed E-state index contributed by atoms with van der Waals surface area (Å²) in [5, 5.41) is 0. The lowest BCUT2D eigenvalue weighted by Gasteiger charge is -2.22. The molecule has 1 heterocycles. The van der Waals surface area contributed by atoms with Crippen LogP contribution in [-0.2, 0) is 0 Å². The highest BCUT2D eigenvalue weighted by Gasteiger charge is 2.13. The molecule has 0 aliphatic carbocycles. The molecule has 4 heteroatoms. The molecule has 3 rings (SSSR count). The average molecular weight is 373 g/mol. The smallest absolute Gasteiger partial charge is 0.227 e. The number of rotatable bonds is 4. The first kappa shape index (κ1) is 16.1. The van der Waals surface area contributed by atoms with Gasteiger partial charge in [0.2, 0.25) is 5.89 Å². The Morgan fingerprint density at radius 3 is 2.39 bits per heavy atom. The molecule has 0 spiro atoms. The Kier molecular flexibility index (Phi) is 4.44. The summed E-state index contributed by atoms with van der Waals surface area (Å²) in [5.41, 5.74) is 6.38. The molecule has 0 fully saturated rings. The van der Waals surface area contributed by atoms with Crippen molar-refractivity contribution < 1.29 is 4.42 Å². The third-order valence-corrected chi connectivity index (χ3v) is 4.94. The molecule has 0 aliphatic rings. The summed E-state index contributed by atoms with van der Waals surface area (Å²) in [5.74, 6) is 0.664. The Hall–Kier alpha value is -1.81. The number of aromatic nitrogens is 1. The fourth-order valence-electron chi connectivity index (χ4n) is 2.76. The lowest BCUT2D eigenvalue weighted by molar-refractivity contribution is 0.619. The summed E-state index contributed by atoms with van der Waals surface area (Å²) < 4.78 is 7.02. The monoisotopic (exact) mass is 372 g/mol. The molecule has 0 radical (unpaired) electrons. The number of hydrogen-bond donors (Lipinski definition) is 0. The largest absolute Gasteiger partial charge is 0.436 e. The molecule has 0 atom stereocenters. The van der Waals surface area contributed by atoms with Crippen molar-refractivity contribution in [3.63, 3.8) is 0 Å². The van der Waals surface area contributed by atoms with Gasteiger partial charge in [-0.15, -0.1) is 0 Å². The van der Waals surface area contributed by atoms with E-state index in [1.807, 2.05) is 0 Å². The molecular formula is C19H21BrN2O. The topological polar surface area (TPSA) is 29.3 Å². The molecule has 2 aromatic carbocycles. The van der Waals surface area contributed by atoms with E-state index >= 15 is 0 Å². The van der Waals surface area contributed by atoms with E-state index in [-0.39, 0.29) is 0 Å². The van der Waals surface area contributed by atoms with Crippen LogP contribution in [0.4, 0.5) is 5.69 Å². The number of fused-ring (bicyclic) bond motifs is 1. The van der Waals surface area contributed by atoms with Gasteiger partial charge in [-0.25, -0.2) is 4.98 Å². The molecule has 0 bridgehead atoms. The standard InChI is InChI=1S/C19H21BrN2O/c1-5-22(6-2)17-8-7-14(11-15(17)20)19-21-16-9-12(3)13(4)10-18(16)23-19/h7-11H,5-6H2,1-4H3. The van der Waals surface area contributed by atoms with Crippen LogP contribution in [0.2, 0.25) is 0 Å². The Morgan fingerprint density at radius 2 is 1.74 bits per heavy atom. The average Bonchev–Trinajstić information content (AvgIpc) is 2.93. The van der Waals surface area contributed by atoms with Crippen molar-refractivity contribution in [2.75, 3.05) is 18.0 Å². The van der Waals surface area contributed by atoms with Gasteiger partial charge in [-0.1, -0.05) is 0 Å². The predicted molar refractivity (Wildman–Crippen MR) is 100 cm³/mol. The summed E-state index contributed by atoms with van der Waals surface area (Å²) in [7, 11) is 0. The second-order valence-corrected chi connectivity index (χ2v) is 6.62. The molecule has 0 saturated heterocycles. The fraction of sp³-hybridized carbons (Fsp3) is 0.316. The number of aryl methyl sites for hydroxylation is 2. The summed E-state index contributed by atoms with van der Waals surface area (Å²) >= 11 is 3.68. The van der Waals surface area contributed by atoms with Crippen molar-refractivity contribution in [1.82, 2.24) is 4.98 Å². The second-order valence-electron chi connectivity index (χ2n) is 5.76. The summed E-state index contributed by atoms with van der Waals surface area (Å²) in [6.07, 6.45) is 0. The molecule has 0 aliphatic heterocycles. The molecule has 1 aromatic heterocycles. The quantitative estimate of drug-likeness (QED) is 0.586. The molecular weight excluding hydrogens is 352 g/mol. The first-order chi connectivity index (χ1) is 11.0. The van der Waals surface area contributed by atoms with E-state index in [1.165, 1.54) is 16.8 Å². The van der Waals surface area contributed by atoms with E-state index in [0.29, 0.717) is 5.89 Å². The lowest BCUT2D eigenvalue weighted by atomic mass is 10.1. The van der Waals surface area contributed by atoms with Gasteiger partial charge in [-0.3, -0.25) is 0 Å². The summed E-state index contributed by atoms with van der Waals surface area (Å²) in [4.78, 5) is 6.95. The maximum atomic E-state index is 5.95. The Morgan fingerprint density at radius 1 is 1.04 bits per heavy atom. The molecule has 0 saturated carbocycles. The second kappa shape index (κ2) is 6.36. The van der Waals surface area contributed by atoms with E-state index < -0.39 is 0 Å². The van der Waals surface area contributed by atoms with E-state index in [1.54, 1.807) is 0 Å². The van der Waals surface area contributed by atoms with Gasteiger partial charge in [-0.2, -0.15) is 0 Å². The molecule has 3 nitrogen and oxygen atoms in total. The first-order valence-electron chi connectivity index (χ1n) is 7.96. The van der Waals surface area contributed by atoms with E-state index in [0.717, 1.165) is 34.2 Å². The fourth-order valence-corrected chi connectivity index (χ4v) is 3.39. The minimum absolute atomic E-state index is 0.664. The van der Waals surface area contributed by atoms with Crippen LogP contribution in [0.3, 0.4) is 0 Å². The van der Waals surface area contributed by atoms with Gasteiger partial charge in [-0.05, 0) is 85.1 Å². The highest BCUT2D eigenvalue weighted by molar-refractivity contribution is 9.10. The maximum absolute atomic E-state index is 5.95. The van der Waals surface area contributed by atoms with Gasteiger partial charge in [0.25, 0.3) is 0 Å². The van der Waals surface area contributed by atoms with Crippen molar-refractivity contribution in [3.8, 4) is 11.5 Å². The zero-order valence-electron chi connectivity index (χ0n) is 14.0. The van der Waals surface area contributed by atoms with E-state index in [2.05, 4.69) is 83.8 Å². The zero-order chi connectivity index (χ0) is 16.6. The Balaban J connectivity index is 2.03. The molecule has 0 amide bonds. The highest BCUT2D eigenvalue weighted by atomic mass is 79.9. The highest BCUT2D eigenvalue weighted by Crippen LogP contribution is 2.33. The minimum Gasteiger partial charge on any atom is -0.436 e. The number of oxazole rings is 1. The van der Waals surface area contributed by atoms with Crippen molar-refractivity contribution in [2.24, 2.45) is 0 Å². The van der Waals surface area contributed by atoms with Gasteiger partial charge < -0.3 is 9.32 Å². The van der Waals surface area contributed by atoms with Crippen LogP contribution >= 0.6 is 15.9 Å². The van der Waals surface area contributed by atoms with E-state index in [9.17, 15) is 0 Å². The summed E-state index contributed by atoms with van der Waals surface area (Å²) in [6, 6.07) is 10.4. The lowest BCUT2D eigenvalue weighted by Crippen LogP contribution is -2.22. The van der Waals surface area contributed by atoms with Gasteiger partial charge >= 0.3 is 0 Å². The van der Waals surface area contributed by atoms with Gasteiger partial charge in [0, 0.05) is 23.1 Å². The molecule has 120 valence electrons. The van der Waals surface area contributed by atoms with Crippen molar-refractivity contribution >= 4 is 32.7 Å². The van der Waals surface area contributed by atoms with Gasteiger partial charge in [0.15, 0.2) is 5.58 Å². The predicted octanol–water partition coefficient (Wildman–Crippen LogP) is 5.72. The van der Waals surface area contributed by atoms with Crippen LogP contribution in [-0.4, -0.2) is 18.1 Å². The summed E-state index contributed by atoms with van der Waals surface area (Å²) in [6.45, 7) is 10.5. The number of halogens is 1. The van der Waals surface area contributed by atoms with Crippen molar-refractivity contribution in [1.29, 1.82) is 0 Å². The first-order valence-corrected chi connectivity index (χ1v) is 8.75. The Bertz CT molecular complexity index is 811. The maximum Gasteiger partial charge on any atom is 0.227 e. The van der Waals surface area contributed by atoms with Crippen LogP contribution in [0.1, 0.15) is 25.0 Å². The van der Waals surface area contributed by atoms with Crippen LogP contribution in [0.25, 0.3) is 22.6 Å². The Labute approximate surface area is 145 Å². The number of hydrogen-bond acceptors (Lipinski definition) is 3. The normalized spacial score (nSPS) is 11.2. The van der Waals surface area contributed by atoms with Gasteiger partial charge in [0.1, 0.15) is 5.52 Å². The molecule has 0 unspecified atom stereocenters. The SMILES string of the molecule is CCN(CC)c1ccc(-c2nc3cc(C)c(C)cc3o2)cc1Br. The molecule has 0 N–H and O–H groups in total. The van der Waals surface area contributed by atoms with Crippen LogP contribution in [0.5, 0.6) is 0 Å². The van der Waals surface area contributed by atoms with Crippen LogP contribution in [0.15, 0.2) is 39.2 Å². The van der Waals surface area contributed by atoms with Crippen molar-refractivity contribution in [2.45, 2.75) is 27.7 Å². The van der Waals surface area contributed by atoms with Gasteiger partial charge in [0.05, 0.1) is 5.69 Å². The molecule has 23 heavy (non-hydrogen) atoms. The number of anilines is 1.